The molecule has 0 aliphatic heterocycles. The van der Waals surface area contributed by atoms with Crippen molar-refractivity contribution in [3.05, 3.63) is 54.1 Å². The van der Waals surface area contributed by atoms with E-state index in [4.69, 9.17) is 10.5 Å². The zero-order valence-electron chi connectivity index (χ0n) is 13.9. The van der Waals surface area contributed by atoms with Crippen molar-refractivity contribution in [3.8, 4) is 5.75 Å². The van der Waals surface area contributed by atoms with E-state index in [1.165, 1.54) is 13.1 Å². The number of nitrogens with zero attached hydrogens (tertiary/aromatic N) is 1. The highest BCUT2D eigenvalue weighted by atomic mass is 127. The number of methoxy groups -OCH3 is 1. The average molecular weight is 476 g/mol. The molecule has 4 N–H and O–H groups in total. The fraction of sp³-hybridized carbons (Fsp3) is 0.188. The van der Waals surface area contributed by atoms with Crippen molar-refractivity contribution in [1.82, 2.24) is 4.72 Å². The van der Waals surface area contributed by atoms with Gasteiger partial charge in [-0.05, 0) is 36.9 Å². The van der Waals surface area contributed by atoms with Crippen LogP contribution in [0.15, 0.2) is 58.4 Å². The first-order valence-corrected chi connectivity index (χ1v) is 8.67. The second-order valence-electron chi connectivity index (χ2n) is 4.88. The standard InChI is InChI=1S/C16H20N4O3S.HI/c1-18-24(21,22)13-7-5-6-12(10-13)11-19-16(17)20-14-8-3-4-9-15(14)23-2;/h3-10,18H,11H2,1-2H3,(H3,17,19,20);1H. The molecule has 0 heterocycles. The van der Waals surface area contributed by atoms with Crippen molar-refractivity contribution in [2.24, 2.45) is 10.7 Å². The molecule has 0 unspecified atom stereocenters. The van der Waals surface area contributed by atoms with Crippen molar-refractivity contribution in [1.29, 1.82) is 0 Å². The molecule has 7 nitrogen and oxygen atoms in total. The fourth-order valence-electron chi connectivity index (χ4n) is 2.03. The molecule has 0 aromatic heterocycles. The molecule has 0 bridgehead atoms. The van der Waals surface area contributed by atoms with E-state index in [9.17, 15) is 8.42 Å². The summed E-state index contributed by atoms with van der Waals surface area (Å²) in [5.41, 5.74) is 7.31. The van der Waals surface area contributed by atoms with E-state index >= 15 is 0 Å². The number of halogens is 1. The predicted molar refractivity (Wildman–Crippen MR) is 110 cm³/mol. The Balaban J connectivity index is 0.00000312. The molecular formula is C16H21IN4O3S. The summed E-state index contributed by atoms with van der Waals surface area (Å²) in [5.74, 6) is 0.860. The molecule has 0 amide bonds. The van der Waals surface area contributed by atoms with Gasteiger partial charge in [0.05, 0.1) is 24.2 Å². The molecule has 136 valence electrons. The Kier molecular flexibility index (Phi) is 8.13. The first kappa shape index (κ1) is 21.2. The molecule has 0 saturated heterocycles. The Labute approximate surface area is 164 Å². The van der Waals surface area contributed by atoms with Gasteiger partial charge in [0.25, 0.3) is 0 Å². The molecule has 2 rings (SSSR count). The zero-order chi connectivity index (χ0) is 17.6. The maximum Gasteiger partial charge on any atom is 0.240 e. The zero-order valence-corrected chi connectivity index (χ0v) is 17.0. The fourth-order valence-corrected chi connectivity index (χ4v) is 2.83. The normalized spacial score (nSPS) is 11.5. The summed E-state index contributed by atoms with van der Waals surface area (Å²) >= 11 is 0. The van der Waals surface area contributed by atoms with E-state index in [0.717, 1.165) is 5.56 Å². The van der Waals surface area contributed by atoms with Gasteiger partial charge in [-0.3, -0.25) is 0 Å². The van der Waals surface area contributed by atoms with Gasteiger partial charge in [-0.1, -0.05) is 24.3 Å². The maximum absolute atomic E-state index is 11.8. The van der Waals surface area contributed by atoms with Crippen LogP contribution >= 0.6 is 24.0 Å². The highest BCUT2D eigenvalue weighted by Crippen LogP contribution is 2.22. The van der Waals surface area contributed by atoms with Gasteiger partial charge in [0.2, 0.25) is 10.0 Å². The molecule has 0 aliphatic carbocycles. The molecule has 9 heteroatoms. The van der Waals surface area contributed by atoms with E-state index in [0.29, 0.717) is 11.4 Å². The summed E-state index contributed by atoms with van der Waals surface area (Å²) in [5, 5.41) is 2.96. The van der Waals surface area contributed by atoms with Crippen molar-refractivity contribution in [2.45, 2.75) is 11.4 Å². The SMILES string of the molecule is CNS(=O)(=O)c1cccc(CN=C(N)Nc2ccccc2OC)c1.I. The summed E-state index contributed by atoms with van der Waals surface area (Å²) in [4.78, 5) is 4.42. The quantitative estimate of drug-likeness (QED) is 0.337. The first-order valence-electron chi connectivity index (χ1n) is 7.18. The minimum atomic E-state index is -3.48. The van der Waals surface area contributed by atoms with Gasteiger partial charge in [0, 0.05) is 0 Å². The maximum atomic E-state index is 11.8. The van der Waals surface area contributed by atoms with Gasteiger partial charge in [0.1, 0.15) is 5.75 Å². The monoisotopic (exact) mass is 476 g/mol. The van der Waals surface area contributed by atoms with Crippen LogP contribution in [0.4, 0.5) is 5.69 Å². The Morgan fingerprint density at radius 3 is 2.60 bits per heavy atom. The van der Waals surface area contributed by atoms with E-state index in [-0.39, 0.29) is 41.4 Å². The van der Waals surface area contributed by atoms with E-state index < -0.39 is 10.0 Å². The number of para-hydroxylation sites is 2. The molecule has 25 heavy (non-hydrogen) atoms. The number of nitrogens with two attached hydrogens (primary N) is 1. The molecule has 2 aromatic carbocycles. The third kappa shape index (κ3) is 5.87. The summed E-state index contributed by atoms with van der Waals surface area (Å²) in [6, 6.07) is 13.9. The number of aliphatic imine (C=N–C) groups is 1. The van der Waals surface area contributed by atoms with Crippen LogP contribution in [0.25, 0.3) is 0 Å². The summed E-state index contributed by atoms with van der Waals surface area (Å²) in [7, 11) is -0.537. The largest absolute Gasteiger partial charge is 0.495 e. The number of nitrogens with one attached hydrogen (secondary N) is 2. The lowest BCUT2D eigenvalue weighted by molar-refractivity contribution is 0.417. The van der Waals surface area contributed by atoms with Crippen molar-refractivity contribution < 1.29 is 13.2 Å². The third-order valence-electron chi connectivity index (χ3n) is 3.28. The summed E-state index contributed by atoms with van der Waals surface area (Å²) < 4.78 is 31.1. The van der Waals surface area contributed by atoms with Crippen LogP contribution in [-0.2, 0) is 16.6 Å². The molecule has 0 aliphatic rings. The van der Waals surface area contributed by atoms with Crippen molar-refractivity contribution in [3.63, 3.8) is 0 Å². The number of rotatable bonds is 6. The van der Waals surface area contributed by atoms with E-state index in [1.807, 2.05) is 24.3 Å². The minimum Gasteiger partial charge on any atom is -0.495 e. The van der Waals surface area contributed by atoms with Crippen LogP contribution in [0, 0.1) is 0 Å². The molecule has 0 fully saturated rings. The number of anilines is 1. The molecule has 0 spiro atoms. The Hall–Kier alpha value is -1.85. The van der Waals surface area contributed by atoms with Gasteiger partial charge < -0.3 is 15.8 Å². The van der Waals surface area contributed by atoms with E-state index in [1.54, 1.807) is 25.3 Å². The lowest BCUT2D eigenvalue weighted by atomic mass is 10.2. The average Bonchev–Trinajstić information content (AvgIpc) is 2.60. The van der Waals surface area contributed by atoms with Crippen molar-refractivity contribution in [2.75, 3.05) is 19.5 Å². The van der Waals surface area contributed by atoms with Crippen LogP contribution < -0.4 is 20.5 Å². The van der Waals surface area contributed by atoms with Crippen molar-refractivity contribution >= 4 is 45.6 Å². The van der Waals surface area contributed by atoms with E-state index in [2.05, 4.69) is 15.0 Å². The number of guanidine groups is 1. The molecule has 0 radical (unpaired) electrons. The van der Waals surface area contributed by atoms with Gasteiger partial charge in [-0.25, -0.2) is 18.1 Å². The predicted octanol–water partition coefficient (Wildman–Crippen LogP) is 2.15. The van der Waals surface area contributed by atoms with Crippen LogP contribution in [0.3, 0.4) is 0 Å². The van der Waals surface area contributed by atoms with Gasteiger partial charge >= 0.3 is 0 Å². The third-order valence-corrected chi connectivity index (χ3v) is 4.69. The number of ether oxygens (including phenoxy) is 1. The van der Waals surface area contributed by atoms with Crippen LogP contribution in [0.5, 0.6) is 5.75 Å². The first-order chi connectivity index (χ1) is 11.5. The smallest absolute Gasteiger partial charge is 0.240 e. The summed E-state index contributed by atoms with van der Waals surface area (Å²) in [6.45, 7) is 0.251. The molecular weight excluding hydrogens is 455 g/mol. The Morgan fingerprint density at radius 2 is 1.92 bits per heavy atom. The lowest BCUT2D eigenvalue weighted by Crippen LogP contribution is -2.23. The lowest BCUT2D eigenvalue weighted by Gasteiger charge is -2.10. The van der Waals surface area contributed by atoms with Crippen LogP contribution in [0.1, 0.15) is 5.56 Å². The summed E-state index contributed by atoms with van der Waals surface area (Å²) in [6.07, 6.45) is 0. The number of hydrogen-bond acceptors (Lipinski definition) is 4. The molecule has 0 saturated carbocycles. The number of hydrogen-bond donors (Lipinski definition) is 3. The second-order valence-corrected chi connectivity index (χ2v) is 6.77. The minimum absolute atomic E-state index is 0. The van der Waals surface area contributed by atoms with Gasteiger partial charge in [-0.15, -0.1) is 24.0 Å². The van der Waals surface area contributed by atoms with Crippen LogP contribution in [-0.4, -0.2) is 28.5 Å². The van der Waals surface area contributed by atoms with Crippen LogP contribution in [0.2, 0.25) is 0 Å². The highest BCUT2D eigenvalue weighted by Gasteiger charge is 2.11. The Morgan fingerprint density at radius 1 is 1.20 bits per heavy atom. The molecule has 2 aromatic rings. The Bertz CT molecular complexity index is 841. The molecule has 0 atom stereocenters. The number of sulfonamides is 1. The number of benzene rings is 2. The van der Waals surface area contributed by atoms with Gasteiger partial charge in [-0.2, -0.15) is 0 Å². The highest BCUT2D eigenvalue weighted by molar-refractivity contribution is 14.0. The topological polar surface area (TPSA) is 106 Å². The second kappa shape index (κ2) is 9.59. The van der Waals surface area contributed by atoms with Gasteiger partial charge in [0.15, 0.2) is 5.96 Å².